The van der Waals surface area contributed by atoms with Gasteiger partial charge in [-0.1, -0.05) is 19.3 Å². The molecule has 0 amide bonds. The molecule has 2 fully saturated rings. The van der Waals surface area contributed by atoms with Crippen LogP contribution in [-0.4, -0.2) is 74.7 Å². The topological polar surface area (TPSA) is 57.2 Å². The van der Waals surface area contributed by atoms with Gasteiger partial charge in [-0.2, -0.15) is 0 Å². The van der Waals surface area contributed by atoms with Crippen molar-refractivity contribution in [1.29, 1.82) is 0 Å². The first-order chi connectivity index (χ1) is 12.7. The lowest BCUT2D eigenvalue weighted by atomic mass is 9.94. The fraction of sp³-hybridized carbons (Fsp3) is 0.900. The van der Waals surface area contributed by atoms with E-state index in [1.165, 1.54) is 39.2 Å². The quantitative estimate of drug-likeness (QED) is 0.194. The zero-order valence-corrected chi connectivity index (χ0v) is 19.7. The monoisotopic (exact) mass is 494 g/mol. The van der Waals surface area contributed by atoms with Gasteiger partial charge < -0.3 is 19.9 Å². The molecule has 1 heterocycles. The molecule has 0 bridgehead atoms. The van der Waals surface area contributed by atoms with Gasteiger partial charge in [0.2, 0.25) is 0 Å². The van der Waals surface area contributed by atoms with E-state index in [0.29, 0.717) is 0 Å². The average molecular weight is 494 g/mol. The van der Waals surface area contributed by atoms with Crippen LogP contribution in [0.25, 0.3) is 0 Å². The van der Waals surface area contributed by atoms with E-state index >= 15 is 0 Å². The van der Waals surface area contributed by atoms with E-state index in [1.54, 1.807) is 0 Å². The molecule has 1 saturated carbocycles. The largest absolute Gasteiger partial charge is 0.469 e. The number of aliphatic imine (C=N–C) groups is 1. The number of esters is 1. The normalized spacial score (nSPS) is 19.7. The van der Waals surface area contributed by atoms with Crippen molar-refractivity contribution in [3.8, 4) is 0 Å². The van der Waals surface area contributed by atoms with Crippen LogP contribution in [0.15, 0.2) is 4.99 Å². The van der Waals surface area contributed by atoms with Crippen molar-refractivity contribution < 1.29 is 9.53 Å². The molecule has 1 N–H and O–H groups in total. The smallest absolute Gasteiger partial charge is 0.308 e. The number of halogens is 1. The van der Waals surface area contributed by atoms with Crippen LogP contribution in [0.3, 0.4) is 0 Å². The van der Waals surface area contributed by atoms with Crippen LogP contribution in [-0.2, 0) is 9.53 Å². The number of nitrogens with one attached hydrogen (secondary N) is 1. The zero-order chi connectivity index (χ0) is 18.8. The summed E-state index contributed by atoms with van der Waals surface area (Å²) in [7, 11) is 3.74. The predicted molar refractivity (Wildman–Crippen MR) is 122 cm³/mol. The molecule has 0 aromatic heterocycles. The first-order valence-electron chi connectivity index (χ1n) is 10.5. The number of guanidine groups is 1. The highest BCUT2D eigenvalue weighted by molar-refractivity contribution is 14.0. The Morgan fingerprint density at radius 1 is 1.19 bits per heavy atom. The second-order valence-electron chi connectivity index (χ2n) is 7.65. The first-order valence-corrected chi connectivity index (χ1v) is 10.5. The standard InChI is InChI=1S/C20H38N4O2.HI/c1-4-21-20(24-15-11-17(12-16-24)19(25)26-3)22-13-8-14-23(2)18-9-6-5-7-10-18;/h17-18H,4-16H2,1-3H3,(H,21,22);1H. The molecule has 2 rings (SSSR count). The molecule has 1 saturated heterocycles. The molecular weight excluding hydrogens is 455 g/mol. The van der Waals surface area contributed by atoms with Gasteiger partial charge in [0.1, 0.15) is 0 Å². The molecule has 27 heavy (non-hydrogen) atoms. The van der Waals surface area contributed by atoms with Crippen LogP contribution >= 0.6 is 24.0 Å². The Morgan fingerprint density at radius 2 is 1.85 bits per heavy atom. The van der Waals surface area contributed by atoms with E-state index in [4.69, 9.17) is 9.73 Å². The number of hydrogen-bond donors (Lipinski definition) is 1. The Bertz CT molecular complexity index is 447. The van der Waals surface area contributed by atoms with Gasteiger partial charge >= 0.3 is 5.97 Å². The number of nitrogens with zero attached hydrogens (tertiary/aromatic N) is 3. The Hall–Kier alpha value is -0.570. The maximum atomic E-state index is 11.7. The molecule has 0 aromatic carbocycles. The van der Waals surface area contributed by atoms with Crippen LogP contribution in [0, 0.1) is 5.92 Å². The van der Waals surface area contributed by atoms with Gasteiger partial charge in [0.25, 0.3) is 0 Å². The van der Waals surface area contributed by atoms with Crippen LogP contribution in [0.5, 0.6) is 0 Å². The highest BCUT2D eigenvalue weighted by Crippen LogP contribution is 2.21. The van der Waals surface area contributed by atoms with E-state index in [9.17, 15) is 4.79 Å². The number of hydrogen-bond acceptors (Lipinski definition) is 4. The van der Waals surface area contributed by atoms with Gasteiger partial charge in [0.15, 0.2) is 5.96 Å². The minimum atomic E-state index is -0.0719. The van der Waals surface area contributed by atoms with E-state index in [2.05, 4.69) is 29.1 Å². The summed E-state index contributed by atoms with van der Waals surface area (Å²) in [6.07, 6.45) is 9.70. The summed E-state index contributed by atoms with van der Waals surface area (Å²) in [4.78, 5) is 21.3. The summed E-state index contributed by atoms with van der Waals surface area (Å²) in [6, 6.07) is 0.776. The van der Waals surface area contributed by atoms with Crippen molar-refractivity contribution in [2.75, 3.05) is 46.9 Å². The predicted octanol–water partition coefficient (Wildman–Crippen LogP) is 3.11. The molecular formula is C20H39IN4O2. The van der Waals surface area contributed by atoms with E-state index in [-0.39, 0.29) is 35.9 Å². The molecule has 0 unspecified atom stereocenters. The summed E-state index contributed by atoms with van der Waals surface area (Å²) in [5, 5.41) is 3.41. The molecule has 0 spiro atoms. The van der Waals surface area contributed by atoms with Crippen molar-refractivity contribution >= 4 is 35.9 Å². The summed E-state index contributed by atoms with van der Waals surface area (Å²) in [5.41, 5.74) is 0. The van der Waals surface area contributed by atoms with Gasteiger partial charge in [-0.15, -0.1) is 24.0 Å². The molecule has 1 aliphatic heterocycles. The van der Waals surface area contributed by atoms with E-state index in [0.717, 1.165) is 64.0 Å². The molecule has 0 atom stereocenters. The number of carbonyl (C=O) groups excluding carboxylic acids is 1. The maximum absolute atomic E-state index is 11.7. The van der Waals surface area contributed by atoms with E-state index < -0.39 is 0 Å². The Labute approximate surface area is 182 Å². The van der Waals surface area contributed by atoms with Gasteiger partial charge in [0.05, 0.1) is 13.0 Å². The second kappa shape index (κ2) is 13.6. The summed E-state index contributed by atoms with van der Waals surface area (Å²) in [5.74, 6) is 0.969. The van der Waals surface area contributed by atoms with Crippen molar-refractivity contribution in [3.63, 3.8) is 0 Å². The number of ether oxygens (including phenoxy) is 1. The van der Waals surface area contributed by atoms with Crippen molar-refractivity contribution in [2.24, 2.45) is 10.9 Å². The number of carbonyl (C=O) groups is 1. The van der Waals surface area contributed by atoms with E-state index in [1.807, 2.05) is 0 Å². The molecule has 2 aliphatic rings. The summed E-state index contributed by atoms with van der Waals surface area (Å²) in [6.45, 7) is 6.70. The molecule has 7 heteroatoms. The highest BCUT2D eigenvalue weighted by Gasteiger charge is 2.27. The van der Waals surface area contributed by atoms with Gasteiger partial charge in [-0.25, -0.2) is 0 Å². The van der Waals surface area contributed by atoms with Crippen LogP contribution < -0.4 is 5.32 Å². The highest BCUT2D eigenvalue weighted by atomic mass is 127. The fourth-order valence-electron chi connectivity index (χ4n) is 4.13. The molecule has 0 radical (unpaired) electrons. The zero-order valence-electron chi connectivity index (χ0n) is 17.4. The van der Waals surface area contributed by atoms with Crippen molar-refractivity contribution in [3.05, 3.63) is 0 Å². The number of likely N-dealkylation sites (tertiary alicyclic amines) is 1. The maximum Gasteiger partial charge on any atom is 0.308 e. The molecule has 0 aromatic rings. The Kier molecular flexibility index (Phi) is 12.3. The molecule has 1 aliphatic carbocycles. The second-order valence-corrected chi connectivity index (χ2v) is 7.65. The van der Waals surface area contributed by atoms with Crippen LogP contribution in [0.1, 0.15) is 58.3 Å². The first kappa shape index (κ1) is 24.5. The van der Waals surface area contributed by atoms with Gasteiger partial charge in [-0.3, -0.25) is 9.79 Å². The third-order valence-corrected chi connectivity index (χ3v) is 5.79. The number of methoxy groups -OCH3 is 1. The third-order valence-electron chi connectivity index (χ3n) is 5.79. The Morgan fingerprint density at radius 3 is 2.44 bits per heavy atom. The number of piperidine rings is 1. The van der Waals surface area contributed by atoms with Gasteiger partial charge in [0, 0.05) is 32.2 Å². The lowest BCUT2D eigenvalue weighted by molar-refractivity contribution is -0.146. The minimum absolute atomic E-state index is 0. The lowest BCUT2D eigenvalue weighted by Crippen LogP contribution is -2.46. The average Bonchev–Trinajstić information content (AvgIpc) is 2.70. The molecule has 6 nitrogen and oxygen atoms in total. The van der Waals surface area contributed by atoms with Crippen molar-refractivity contribution in [2.45, 2.75) is 64.3 Å². The summed E-state index contributed by atoms with van der Waals surface area (Å²) >= 11 is 0. The third kappa shape index (κ3) is 8.13. The Balaban J connectivity index is 0.00000364. The fourth-order valence-corrected chi connectivity index (χ4v) is 4.13. The van der Waals surface area contributed by atoms with Crippen molar-refractivity contribution in [1.82, 2.24) is 15.1 Å². The molecule has 158 valence electrons. The SMILES string of the molecule is CCNC(=NCCCN(C)C1CCCCC1)N1CCC(C(=O)OC)CC1.I. The summed E-state index contributed by atoms with van der Waals surface area (Å²) < 4.78 is 4.88. The minimum Gasteiger partial charge on any atom is -0.469 e. The van der Waals surface area contributed by atoms with Gasteiger partial charge in [-0.05, 0) is 52.6 Å². The lowest BCUT2D eigenvalue weighted by Gasteiger charge is -2.33. The van der Waals surface area contributed by atoms with Crippen LogP contribution in [0.4, 0.5) is 0 Å². The van der Waals surface area contributed by atoms with Crippen LogP contribution in [0.2, 0.25) is 0 Å². The number of rotatable bonds is 7.